The van der Waals surface area contributed by atoms with Crippen LogP contribution in [-0.2, 0) is 6.54 Å². The maximum atomic E-state index is 13.8. The zero-order chi connectivity index (χ0) is 20.3. The van der Waals surface area contributed by atoms with Gasteiger partial charge in [-0.15, -0.1) is 0 Å². The second-order valence-corrected chi connectivity index (χ2v) is 6.97. The van der Waals surface area contributed by atoms with Crippen molar-refractivity contribution >= 4 is 33.1 Å². The van der Waals surface area contributed by atoms with Gasteiger partial charge in [0.2, 0.25) is 0 Å². The Morgan fingerprint density at radius 2 is 2.10 bits per heavy atom. The normalized spacial score (nSPS) is 13.1. The van der Waals surface area contributed by atoms with Gasteiger partial charge in [-0.25, -0.2) is 14.2 Å². The third-order valence-corrected chi connectivity index (χ3v) is 5.08. The van der Waals surface area contributed by atoms with Crippen molar-refractivity contribution in [2.45, 2.75) is 19.6 Å². The summed E-state index contributed by atoms with van der Waals surface area (Å²) in [5.41, 5.74) is 4.02. The minimum Gasteiger partial charge on any atom is -0.394 e. The highest BCUT2D eigenvalue weighted by molar-refractivity contribution is 6.07. The number of aryl methyl sites for hydroxylation is 1. The molecule has 1 aromatic carbocycles. The van der Waals surface area contributed by atoms with Crippen molar-refractivity contribution in [3.63, 3.8) is 0 Å². The van der Waals surface area contributed by atoms with E-state index >= 15 is 0 Å². The van der Waals surface area contributed by atoms with Crippen LogP contribution < -0.4 is 5.69 Å². The van der Waals surface area contributed by atoms with Gasteiger partial charge >= 0.3 is 5.69 Å². The van der Waals surface area contributed by atoms with Gasteiger partial charge in [0.15, 0.2) is 5.65 Å². The Morgan fingerprint density at radius 3 is 2.90 bits per heavy atom. The maximum Gasteiger partial charge on any atom is 0.327 e. The third kappa shape index (κ3) is 2.57. The van der Waals surface area contributed by atoms with Crippen LogP contribution in [0.5, 0.6) is 0 Å². The van der Waals surface area contributed by atoms with Crippen molar-refractivity contribution in [1.82, 2.24) is 29.3 Å². The minimum absolute atomic E-state index is 0.0706. The monoisotopic (exact) mass is 396 g/mol. The smallest absolute Gasteiger partial charge is 0.327 e. The summed E-state index contributed by atoms with van der Waals surface area (Å²) in [6.07, 6.45) is 0.588. The van der Waals surface area contributed by atoms with Gasteiger partial charge < -0.3 is 19.8 Å². The number of halogens is 1. The molecule has 0 aliphatic rings. The van der Waals surface area contributed by atoms with E-state index < -0.39 is 18.4 Å². The quantitative estimate of drug-likeness (QED) is 0.365. The molecule has 0 radical (unpaired) electrons. The molecule has 0 spiro atoms. The predicted octanol–water partition coefficient (Wildman–Crippen LogP) is 1.35. The number of aliphatic hydroxyl groups excluding tert-OH is 2. The third-order valence-electron chi connectivity index (χ3n) is 5.08. The van der Waals surface area contributed by atoms with Gasteiger partial charge in [0.1, 0.15) is 5.82 Å². The standard InChI is InChI=1S/C19H17FN6O3/c1-9-15(5-13-18(22-9)25(19(29)23-13)7-11(28)8-27)26-14-3-2-10(20)4-12(14)17-16(26)6-21-24-17/h2-6,11,27-28H,7-8H2,1H3,(H,21,24)(H,23,29)/t11-/m0/s1. The fourth-order valence-electron chi connectivity index (χ4n) is 3.76. The molecule has 5 rings (SSSR count). The number of nitrogens with zero attached hydrogens (tertiary/aromatic N) is 4. The molecular formula is C19H17FN6O3. The summed E-state index contributed by atoms with van der Waals surface area (Å²) in [6, 6.07) is 6.31. The van der Waals surface area contributed by atoms with E-state index in [2.05, 4.69) is 20.2 Å². The highest BCUT2D eigenvalue weighted by Gasteiger charge is 2.19. The molecule has 4 aromatic heterocycles. The van der Waals surface area contributed by atoms with Crippen LogP contribution in [0.25, 0.3) is 38.8 Å². The maximum absolute atomic E-state index is 13.8. The van der Waals surface area contributed by atoms with Crippen LogP contribution >= 0.6 is 0 Å². The summed E-state index contributed by atoms with van der Waals surface area (Å²) in [4.78, 5) is 19.6. The molecular weight excluding hydrogens is 379 g/mol. The second-order valence-electron chi connectivity index (χ2n) is 6.97. The van der Waals surface area contributed by atoms with Crippen molar-refractivity contribution in [1.29, 1.82) is 0 Å². The number of pyridine rings is 1. The first-order chi connectivity index (χ1) is 14.0. The number of H-pyrrole nitrogens is 2. The lowest BCUT2D eigenvalue weighted by molar-refractivity contribution is 0.0813. The van der Waals surface area contributed by atoms with Crippen LogP contribution in [0, 0.1) is 12.7 Å². The van der Waals surface area contributed by atoms with Crippen molar-refractivity contribution < 1.29 is 14.6 Å². The number of fused-ring (bicyclic) bond motifs is 4. The van der Waals surface area contributed by atoms with Gasteiger partial charge in [0.25, 0.3) is 0 Å². The SMILES string of the molecule is Cc1nc2c(cc1-n1c3ccc(F)cc3c3[nH]ncc31)[nH]c(=O)n2C[C@H](O)CO. The minimum atomic E-state index is -1.07. The molecule has 4 N–H and O–H groups in total. The number of aromatic amines is 2. The van der Waals surface area contributed by atoms with Crippen LogP contribution in [0.1, 0.15) is 5.69 Å². The van der Waals surface area contributed by atoms with E-state index in [0.717, 1.165) is 11.0 Å². The number of nitrogens with one attached hydrogen (secondary N) is 2. The lowest BCUT2D eigenvalue weighted by Crippen LogP contribution is -2.27. The number of imidazole rings is 1. The van der Waals surface area contributed by atoms with E-state index in [-0.39, 0.29) is 12.4 Å². The highest BCUT2D eigenvalue weighted by atomic mass is 19.1. The number of hydrogen-bond donors (Lipinski definition) is 4. The molecule has 5 aromatic rings. The van der Waals surface area contributed by atoms with Gasteiger partial charge in [-0.1, -0.05) is 0 Å². The van der Waals surface area contributed by atoms with E-state index in [9.17, 15) is 14.3 Å². The van der Waals surface area contributed by atoms with Crippen molar-refractivity contribution in [2.75, 3.05) is 6.61 Å². The van der Waals surface area contributed by atoms with E-state index in [1.807, 2.05) is 4.57 Å². The Balaban J connectivity index is 1.79. The average Bonchev–Trinajstić information content (AvgIpc) is 3.35. The Kier molecular flexibility index (Phi) is 3.80. The summed E-state index contributed by atoms with van der Waals surface area (Å²) in [6.45, 7) is 1.28. The zero-order valence-electron chi connectivity index (χ0n) is 15.3. The van der Waals surface area contributed by atoms with Crippen LogP contribution in [0.2, 0.25) is 0 Å². The molecule has 29 heavy (non-hydrogen) atoms. The Labute approximate surface area is 162 Å². The fraction of sp³-hybridized carbons (Fsp3) is 0.211. The number of aromatic nitrogens is 6. The molecule has 0 aliphatic carbocycles. The van der Waals surface area contributed by atoms with Crippen molar-refractivity contribution in [3.05, 3.63) is 52.5 Å². The summed E-state index contributed by atoms with van der Waals surface area (Å²) < 4.78 is 17.0. The molecule has 148 valence electrons. The van der Waals surface area contributed by atoms with Crippen LogP contribution in [0.4, 0.5) is 4.39 Å². The first-order valence-electron chi connectivity index (χ1n) is 9.00. The van der Waals surface area contributed by atoms with E-state index in [4.69, 9.17) is 5.11 Å². The topological polar surface area (TPSA) is 125 Å². The van der Waals surface area contributed by atoms with Gasteiger partial charge in [0, 0.05) is 5.39 Å². The van der Waals surface area contributed by atoms with Gasteiger partial charge in [0.05, 0.1) is 58.9 Å². The van der Waals surface area contributed by atoms with Gasteiger partial charge in [-0.05, 0) is 31.2 Å². The first kappa shape index (κ1) is 17.6. The number of benzene rings is 1. The van der Waals surface area contributed by atoms with Crippen LogP contribution in [-0.4, -0.2) is 52.2 Å². The summed E-state index contributed by atoms with van der Waals surface area (Å²) in [7, 11) is 0. The molecule has 9 nitrogen and oxygen atoms in total. The molecule has 4 heterocycles. The van der Waals surface area contributed by atoms with Crippen molar-refractivity contribution in [2.24, 2.45) is 0 Å². The Hall–Kier alpha value is -3.50. The summed E-state index contributed by atoms with van der Waals surface area (Å²) in [5.74, 6) is -0.347. The lowest BCUT2D eigenvalue weighted by atomic mass is 10.2. The highest BCUT2D eigenvalue weighted by Crippen LogP contribution is 2.32. The lowest BCUT2D eigenvalue weighted by Gasteiger charge is -2.11. The number of aliphatic hydroxyl groups is 2. The molecule has 0 saturated carbocycles. The van der Waals surface area contributed by atoms with E-state index in [1.54, 1.807) is 25.3 Å². The van der Waals surface area contributed by atoms with Crippen LogP contribution in [0.15, 0.2) is 35.3 Å². The number of rotatable bonds is 4. The van der Waals surface area contributed by atoms with Crippen molar-refractivity contribution in [3.8, 4) is 5.69 Å². The summed E-state index contributed by atoms with van der Waals surface area (Å²) >= 11 is 0. The largest absolute Gasteiger partial charge is 0.394 e. The molecule has 0 fully saturated rings. The Morgan fingerprint density at radius 1 is 1.28 bits per heavy atom. The van der Waals surface area contributed by atoms with E-state index in [0.29, 0.717) is 33.4 Å². The molecule has 10 heteroatoms. The molecule has 0 amide bonds. The van der Waals surface area contributed by atoms with E-state index in [1.165, 1.54) is 16.7 Å². The molecule has 0 unspecified atom stereocenters. The second kappa shape index (κ2) is 6.26. The molecule has 1 atom stereocenters. The molecule has 0 bridgehead atoms. The van der Waals surface area contributed by atoms with Gasteiger partial charge in [-0.3, -0.25) is 9.67 Å². The van der Waals surface area contributed by atoms with Crippen LogP contribution in [0.3, 0.4) is 0 Å². The fourth-order valence-corrected chi connectivity index (χ4v) is 3.76. The first-order valence-corrected chi connectivity index (χ1v) is 9.00. The predicted molar refractivity (Wildman–Crippen MR) is 105 cm³/mol. The average molecular weight is 396 g/mol. The summed E-state index contributed by atoms with van der Waals surface area (Å²) in [5, 5.41) is 26.5. The zero-order valence-corrected chi connectivity index (χ0v) is 15.3. The molecule has 0 aliphatic heterocycles. The van der Waals surface area contributed by atoms with Gasteiger partial charge in [-0.2, -0.15) is 5.10 Å². The Bertz CT molecular complexity index is 1440. The number of hydrogen-bond acceptors (Lipinski definition) is 5. The molecule has 0 saturated heterocycles.